The number of fused-ring (bicyclic) bond motifs is 1. The first kappa shape index (κ1) is 17.2. The zero-order valence-electron chi connectivity index (χ0n) is 13.9. The van der Waals surface area contributed by atoms with E-state index in [1.54, 1.807) is 12.1 Å². The fourth-order valence-electron chi connectivity index (χ4n) is 3.38. The van der Waals surface area contributed by atoms with Gasteiger partial charge >= 0.3 is 0 Å². The third-order valence-corrected chi connectivity index (χ3v) is 6.42. The van der Waals surface area contributed by atoms with Gasteiger partial charge in [-0.25, -0.2) is 0 Å². The molecule has 2 heterocycles. The van der Waals surface area contributed by atoms with Crippen molar-refractivity contribution < 1.29 is 14.3 Å². The Morgan fingerprint density at radius 3 is 2.92 bits per heavy atom. The van der Waals surface area contributed by atoms with E-state index in [2.05, 4.69) is 5.32 Å². The Balaban J connectivity index is 1.42. The number of nitrogens with zero attached hydrogens (tertiary/aromatic N) is 1. The molecule has 7 heteroatoms. The van der Waals surface area contributed by atoms with E-state index in [1.165, 1.54) is 11.8 Å². The van der Waals surface area contributed by atoms with Gasteiger partial charge in [-0.3, -0.25) is 9.59 Å². The molecule has 5 nitrogen and oxygen atoms in total. The van der Waals surface area contributed by atoms with Gasteiger partial charge in [-0.2, -0.15) is 0 Å². The van der Waals surface area contributed by atoms with Crippen molar-refractivity contribution in [3.8, 4) is 0 Å². The van der Waals surface area contributed by atoms with Crippen LogP contribution in [0.1, 0.15) is 25.7 Å². The first-order valence-electron chi connectivity index (χ1n) is 8.74. The molecule has 25 heavy (non-hydrogen) atoms. The summed E-state index contributed by atoms with van der Waals surface area (Å²) in [5, 5.41) is 3.08. The van der Waals surface area contributed by atoms with Crippen molar-refractivity contribution >= 4 is 40.9 Å². The van der Waals surface area contributed by atoms with E-state index in [9.17, 15) is 9.59 Å². The number of rotatable bonds is 5. The predicted octanol–water partition coefficient (Wildman–Crippen LogP) is 3.17. The summed E-state index contributed by atoms with van der Waals surface area (Å²) in [5.74, 6) is 0.396. The minimum Gasteiger partial charge on any atom is -0.381 e. The molecule has 0 aromatic heterocycles. The molecule has 3 aliphatic rings. The maximum atomic E-state index is 12.9. The van der Waals surface area contributed by atoms with E-state index in [-0.39, 0.29) is 23.5 Å². The highest BCUT2D eigenvalue weighted by Gasteiger charge is 2.37. The summed E-state index contributed by atoms with van der Waals surface area (Å²) >= 11 is 7.43. The number of benzene rings is 1. The zero-order valence-corrected chi connectivity index (χ0v) is 15.4. The fourth-order valence-corrected chi connectivity index (χ4v) is 4.63. The van der Waals surface area contributed by atoms with Gasteiger partial charge in [0, 0.05) is 41.5 Å². The molecule has 2 atom stereocenters. The molecule has 4 rings (SSSR count). The van der Waals surface area contributed by atoms with Crippen molar-refractivity contribution in [3.05, 3.63) is 23.2 Å². The number of carbonyl (C=O) groups excluding carboxylic acids is 2. The van der Waals surface area contributed by atoms with Gasteiger partial charge in [0.05, 0.1) is 17.5 Å². The molecule has 1 saturated carbocycles. The Morgan fingerprint density at radius 1 is 1.36 bits per heavy atom. The summed E-state index contributed by atoms with van der Waals surface area (Å²) in [5.41, 5.74) is 0.730. The molecule has 0 spiro atoms. The van der Waals surface area contributed by atoms with E-state index < -0.39 is 0 Å². The van der Waals surface area contributed by atoms with Crippen LogP contribution in [-0.4, -0.2) is 47.8 Å². The molecule has 1 aromatic carbocycles. The number of halogens is 1. The maximum absolute atomic E-state index is 12.9. The molecule has 1 aliphatic carbocycles. The van der Waals surface area contributed by atoms with E-state index in [0.29, 0.717) is 17.0 Å². The standard InChI is InChI=1S/C18H21ClN2O3S/c19-12-1-4-15-14(7-12)20-18(23)16(25-15)8-17(22)21(13-2-3-13)9-11-5-6-24-10-11/h1,4,7,11,13,16H,2-3,5-6,8-10H2,(H,20,23). The van der Waals surface area contributed by atoms with Crippen molar-refractivity contribution in [2.75, 3.05) is 25.1 Å². The van der Waals surface area contributed by atoms with Crippen molar-refractivity contribution in [2.45, 2.75) is 41.9 Å². The van der Waals surface area contributed by atoms with Crippen molar-refractivity contribution in [3.63, 3.8) is 0 Å². The van der Waals surface area contributed by atoms with Crippen LogP contribution in [0.4, 0.5) is 5.69 Å². The molecular weight excluding hydrogens is 360 g/mol. The quantitative estimate of drug-likeness (QED) is 0.852. The van der Waals surface area contributed by atoms with Crippen molar-refractivity contribution in [1.29, 1.82) is 0 Å². The molecule has 1 aromatic rings. The lowest BCUT2D eigenvalue weighted by molar-refractivity contribution is -0.133. The molecule has 2 unspecified atom stereocenters. The molecule has 0 radical (unpaired) electrons. The van der Waals surface area contributed by atoms with Gasteiger partial charge in [-0.15, -0.1) is 11.8 Å². The van der Waals surface area contributed by atoms with Crippen molar-refractivity contribution in [2.24, 2.45) is 5.92 Å². The summed E-state index contributed by atoms with van der Waals surface area (Å²) < 4.78 is 5.44. The lowest BCUT2D eigenvalue weighted by Crippen LogP contribution is -2.41. The number of carbonyl (C=O) groups is 2. The Kier molecular flexibility index (Phi) is 4.93. The predicted molar refractivity (Wildman–Crippen MR) is 98.0 cm³/mol. The third kappa shape index (κ3) is 3.96. The lowest BCUT2D eigenvalue weighted by atomic mass is 10.1. The fraction of sp³-hybridized carbons (Fsp3) is 0.556. The number of ether oxygens (including phenoxy) is 1. The van der Waals surface area contributed by atoms with Gasteiger partial charge in [-0.05, 0) is 37.5 Å². The summed E-state index contributed by atoms with van der Waals surface area (Å²) in [6.45, 7) is 2.29. The Bertz CT molecular complexity index is 689. The summed E-state index contributed by atoms with van der Waals surface area (Å²) in [6, 6.07) is 5.81. The Hall–Kier alpha value is -1.24. The van der Waals surface area contributed by atoms with E-state index in [1.807, 2.05) is 11.0 Å². The molecule has 1 N–H and O–H groups in total. The molecule has 1 saturated heterocycles. The SMILES string of the molecule is O=C1Nc2cc(Cl)ccc2SC1CC(=O)N(CC1CCOC1)C1CC1. The van der Waals surface area contributed by atoms with Crippen LogP contribution in [-0.2, 0) is 14.3 Å². The molecular formula is C18H21ClN2O3S. The summed E-state index contributed by atoms with van der Waals surface area (Å²) in [6.07, 6.45) is 3.40. The average Bonchev–Trinajstić information content (AvgIpc) is 3.29. The van der Waals surface area contributed by atoms with E-state index in [0.717, 1.165) is 49.6 Å². The number of hydrogen-bond acceptors (Lipinski definition) is 4. The van der Waals surface area contributed by atoms with E-state index in [4.69, 9.17) is 16.3 Å². The van der Waals surface area contributed by atoms with Gasteiger partial charge in [-0.1, -0.05) is 11.6 Å². The summed E-state index contributed by atoms with van der Waals surface area (Å²) in [4.78, 5) is 28.2. The maximum Gasteiger partial charge on any atom is 0.238 e. The highest BCUT2D eigenvalue weighted by Crippen LogP contribution is 2.39. The molecule has 2 aliphatic heterocycles. The number of anilines is 1. The van der Waals surface area contributed by atoms with Gasteiger partial charge < -0.3 is 15.0 Å². The molecule has 134 valence electrons. The molecule has 0 bridgehead atoms. The van der Waals surface area contributed by atoms with Gasteiger partial charge in [0.15, 0.2) is 0 Å². The normalized spacial score (nSPS) is 25.4. The number of hydrogen-bond donors (Lipinski definition) is 1. The minimum atomic E-state index is -0.387. The third-order valence-electron chi connectivity index (χ3n) is 4.91. The van der Waals surface area contributed by atoms with Gasteiger partial charge in [0.2, 0.25) is 11.8 Å². The van der Waals surface area contributed by atoms with Crippen LogP contribution in [0.15, 0.2) is 23.1 Å². The van der Waals surface area contributed by atoms with Crippen LogP contribution in [0.2, 0.25) is 5.02 Å². The van der Waals surface area contributed by atoms with Crippen LogP contribution in [0.25, 0.3) is 0 Å². The van der Waals surface area contributed by atoms with Crippen LogP contribution in [0.3, 0.4) is 0 Å². The second-order valence-electron chi connectivity index (χ2n) is 6.95. The van der Waals surface area contributed by atoms with Crippen LogP contribution in [0, 0.1) is 5.92 Å². The minimum absolute atomic E-state index is 0.0828. The smallest absolute Gasteiger partial charge is 0.238 e. The number of nitrogens with one attached hydrogen (secondary N) is 1. The van der Waals surface area contributed by atoms with Crippen molar-refractivity contribution in [1.82, 2.24) is 4.90 Å². The van der Waals surface area contributed by atoms with Crippen LogP contribution < -0.4 is 5.32 Å². The van der Waals surface area contributed by atoms with Crippen LogP contribution >= 0.6 is 23.4 Å². The lowest BCUT2D eigenvalue weighted by Gasteiger charge is -2.29. The Labute approximate surface area is 156 Å². The number of thioether (sulfide) groups is 1. The highest BCUT2D eigenvalue weighted by molar-refractivity contribution is 8.01. The van der Waals surface area contributed by atoms with E-state index >= 15 is 0 Å². The van der Waals surface area contributed by atoms with Crippen LogP contribution in [0.5, 0.6) is 0 Å². The van der Waals surface area contributed by atoms with Gasteiger partial charge in [0.1, 0.15) is 0 Å². The zero-order chi connectivity index (χ0) is 17.4. The van der Waals surface area contributed by atoms with Gasteiger partial charge in [0.25, 0.3) is 0 Å². The largest absolute Gasteiger partial charge is 0.381 e. The average molecular weight is 381 g/mol. The number of amides is 2. The monoisotopic (exact) mass is 380 g/mol. The first-order valence-corrected chi connectivity index (χ1v) is 10.00. The second kappa shape index (κ2) is 7.17. The molecule has 2 amide bonds. The highest BCUT2D eigenvalue weighted by atomic mass is 35.5. The summed E-state index contributed by atoms with van der Waals surface area (Å²) in [7, 11) is 0. The molecule has 2 fully saturated rings. The topological polar surface area (TPSA) is 58.6 Å². The first-order chi connectivity index (χ1) is 12.1. The second-order valence-corrected chi connectivity index (χ2v) is 8.63. The Morgan fingerprint density at radius 2 is 2.20 bits per heavy atom.